The molecule has 6 heteroatoms. The lowest BCUT2D eigenvalue weighted by molar-refractivity contribution is -0.120. The van der Waals surface area contributed by atoms with E-state index in [-0.39, 0.29) is 12.3 Å². The summed E-state index contributed by atoms with van der Waals surface area (Å²) in [5.41, 5.74) is 7.61. The van der Waals surface area contributed by atoms with Gasteiger partial charge in [-0.3, -0.25) is 4.79 Å². The van der Waals surface area contributed by atoms with Crippen LogP contribution in [0.15, 0.2) is 65.8 Å². The van der Waals surface area contributed by atoms with Gasteiger partial charge in [-0.2, -0.15) is 5.10 Å². The molecule has 0 aliphatic rings. The van der Waals surface area contributed by atoms with Crippen LogP contribution in [-0.2, 0) is 17.8 Å². The molecule has 3 aromatic rings. The Balaban J connectivity index is 1.57. The third-order valence-electron chi connectivity index (χ3n) is 4.75. The van der Waals surface area contributed by atoms with Gasteiger partial charge in [-0.25, -0.2) is 5.43 Å². The van der Waals surface area contributed by atoms with E-state index in [0.29, 0.717) is 23.1 Å². The number of hydrazone groups is 1. The topological polar surface area (TPSA) is 59.9 Å². The number of rotatable bonds is 8. The molecule has 0 radical (unpaired) electrons. The molecular formula is C25H25ClN2O3. The molecule has 0 fully saturated rings. The number of nitrogens with one attached hydrogen (secondary N) is 1. The molecule has 0 unspecified atom stereocenters. The summed E-state index contributed by atoms with van der Waals surface area (Å²) in [6, 6.07) is 19.0. The largest absolute Gasteiger partial charge is 0.493 e. The summed E-state index contributed by atoms with van der Waals surface area (Å²) in [4.78, 5) is 12.2. The normalized spacial score (nSPS) is 10.8. The maximum atomic E-state index is 12.2. The van der Waals surface area contributed by atoms with Gasteiger partial charge in [0.1, 0.15) is 6.61 Å². The number of aryl methyl sites for hydroxylation is 2. The average Bonchev–Trinajstić information content (AvgIpc) is 2.75. The van der Waals surface area contributed by atoms with Crippen LogP contribution in [0.25, 0.3) is 0 Å². The Labute approximate surface area is 187 Å². The predicted octanol–water partition coefficient (Wildman–Crippen LogP) is 5.24. The van der Waals surface area contributed by atoms with Crippen LogP contribution >= 0.6 is 11.6 Å². The van der Waals surface area contributed by atoms with Gasteiger partial charge in [0, 0.05) is 5.02 Å². The predicted molar refractivity (Wildman–Crippen MR) is 124 cm³/mol. The Kier molecular flexibility index (Phi) is 7.68. The zero-order chi connectivity index (χ0) is 22.2. The molecule has 0 bridgehead atoms. The molecule has 31 heavy (non-hydrogen) atoms. The first-order valence-corrected chi connectivity index (χ1v) is 10.3. The maximum absolute atomic E-state index is 12.2. The summed E-state index contributed by atoms with van der Waals surface area (Å²) < 4.78 is 11.3. The maximum Gasteiger partial charge on any atom is 0.244 e. The summed E-state index contributed by atoms with van der Waals surface area (Å²) in [7, 11) is 1.58. The Bertz CT molecular complexity index is 1080. The van der Waals surface area contributed by atoms with E-state index in [1.807, 2.05) is 62.4 Å². The van der Waals surface area contributed by atoms with Gasteiger partial charge < -0.3 is 9.47 Å². The fraction of sp³-hybridized carbons (Fsp3) is 0.200. The molecule has 3 rings (SSSR count). The lowest BCUT2D eigenvalue weighted by Crippen LogP contribution is -2.20. The first-order valence-electron chi connectivity index (χ1n) is 9.88. The molecule has 1 N–H and O–H groups in total. The van der Waals surface area contributed by atoms with E-state index in [0.717, 1.165) is 22.3 Å². The molecule has 0 aliphatic carbocycles. The highest BCUT2D eigenvalue weighted by atomic mass is 35.5. The molecule has 5 nitrogen and oxygen atoms in total. The Morgan fingerprint density at radius 1 is 1.03 bits per heavy atom. The van der Waals surface area contributed by atoms with E-state index in [1.165, 1.54) is 5.56 Å². The molecule has 1 amide bonds. The Morgan fingerprint density at radius 2 is 1.81 bits per heavy atom. The number of carbonyl (C=O) groups excluding carboxylic acids is 1. The Morgan fingerprint density at radius 3 is 2.52 bits per heavy atom. The molecule has 3 aromatic carbocycles. The first kappa shape index (κ1) is 22.4. The Hall–Kier alpha value is -3.31. The van der Waals surface area contributed by atoms with Crippen LogP contribution in [0.5, 0.6) is 11.5 Å². The van der Waals surface area contributed by atoms with Crippen molar-refractivity contribution in [3.63, 3.8) is 0 Å². The minimum atomic E-state index is -0.168. The van der Waals surface area contributed by atoms with Gasteiger partial charge in [0.15, 0.2) is 11.5 Å². The van der Waals surface area contributed by atoms with Crippen molar-refractivity contribution >= 4 is 23.7 Å². The second-order valence-electron chi connectivity index (χ2n) is 7.23. The van der Waals surface area contributed by atoms with Crippen molar-refractivity contribution in [2.45, 2.75) is 26.9 Å². The van der Waals surface area contributed by atoms with Crippen molar-refractivity contribution < 1.29 is 14.3 Å². The van der Waals surface area contributed by atoms with Gasteiger partial charge in [0.25, 0.3) is 0 Å². The van der Waals surface area contributed by atoms with E-state index in [9.17, 15) is 4.79 Å². The van der Waals surface area contributed by atoms with Crippen LogP contribution in [0.1, 0.15) is 27.8 Å². The van der Waals surface area contributed by atoms with Crippen LogP contribution < -0.4 is 14.9 Å². The third kappa shape index (κ3) is 6.59. The summed E-state index contributed by atoms with van der Waals surface area (Å²) in [6.07, 6.45) is 1.86. The number of carbonyl (C=O) groups is 1. The second kappa shape index (κ2) is 10.6. The van der Waals surface area contributed by atoms with Crippen molar-refractivity contribution in [2.24, 2.45) is 5.10 Å². The zero-order valence-corrected chi connectivity index (χ0v) is 18.6. The highest BCUT2D eigenvalue weighted by Gasteiger charge is 2.07. The standard InChI is InChI=1S/C25H25ClN2O3/c1-17-4-8-21(18(2)12-17)14-25(29)28-27-15-20-7-11-23(24(13-20)30-3)31-16-19-5-9-22(26)10-6-19/h4-13,15H,14,16H2,1-3H3,(H,28,29)/b27-15-. The van der Waals surface area contributed by atoms with Crippen molar-refractivity contribution in [1.82, 2.24) is 5.43 Å². The van der Waals surface area contributed by atoms with Gasteiger partial charge in [0.2, 0.25) is 5.91 Å². The summed E-state index contributed by atoms with van der Waals surface area (Å²) in [5, 5.41) is 4.74. The number of benzene rings is 3. The van der Waals surface area contributed by atoms with Crippen LogP contribution in [-0.4, -0.2) is 19.2 Å². The minimum Gasteiger partial charge on any atom is -0.493 e. The molecule has 0 heterocycles. The molecule has 0 aromatic heterocycles. The fourth-order valence-corrected chi connectivity index (χ4v) is 3.19. The van der Waals surface area contributed by atoms with Crippen molar-refractivity contribution in [3.05, 3.63) is 93.5 Å². The highest BCUT2D eigenvalue weighted by molar-refractivity contribution is 6.30. The van der Waals surface area contributed by atoms with Crippen LogP contribution in [0.2, 0.25) is 5.02 Å². The number of methoxy groups -OCH3 is 1. The van der Waals surface area contributed by atoms with E-state index in [1.54, 1.807) is 19.4 Å². The lowest BCUT2D eigenvalue weighted by Gasteiger charge is -2.11. The first-order chi connectivity index (χ1) is 14.9. The number of halogens is 1. The van der Waals surface area contributed by atoms with E-state index < -0.39 is 0 Å². The summed E-state index contributed by atoms with van der Waals surface area (Å²) >= 11 is 5.91. The molecule has 0 saturated carbocycles. The minimum absolute atomic E-state index is 0.168. The summed E-state index contributed by atoms with van der Waals surface area (Å²) in [6.45, 7) is 4.43. The van der Waals surface area contributed by atoms with Crippen molar-refractivity contribution in [2.75, 3.05) is 7.11 Å². The van der Waals surface area contributed by atoms with E-state index in [4.69, 9.17) is 21.1 Å². The van der Waals surface area contributed by atoms with Gasteiger partial charge in [-0.1, -0.05) is 47.5 Å². The quantitative estimate of drug-likeness (QED) is 0.388. The summed E-state index contributed by atoms with van der Waals surface area (Å²) in [5.74, 6) is 1.03. The monoisotopic (exact) mass is 436 g/mol. The van der Waals surface area contributed by atoms with Gasteiger partial charge in [-0.15, -0.1) is 0 Å². The smallest absolute Gasteiger partial charge is 0.244 e. The number of amides is 1. The number of nitrogens with zero attached hydrogens (tertiary/aromatic N) is 1. The average molecular weight is 437 g/mol. The van der Waals surface area contributed by atoms with E-state index in [2.05, 4.69) is 16.6 Å². The molecule has 0 spiro atoms. The molecule has 160 valence electrons. The molecule has 0 saturated heterocycles. The third-order valence-corrected chi connectivity index (χ3v) is 5.00. The van der Waals surface area contributed by atoms with Crippen LogP contribution in [0, 0.1) is 13.8 Å². The zero-order valence-electron chi connectivity index (χ0n) is 17.8. The molecular weight excluding hydrogens is 412 g/mol. The van der Waals surface area contributed by atoms with Gasteiger partial charge in [0.05, 0.1) is 19.7 Å². The highest BCUT2D eigenvalue weighted by Crippen LogP contribution is 2.28. The number of hydrogen-bond acceptors (Lipinski definition) is 4. The fourth-order valence-electron chi connectivity index (χ4n) is 3.06. The van der Waals surface area contributed by atoms with Gasteiger partial charge >= 0.3 is 0 Å². The molecule has 0 aliphatic heterocycles. The van der Waals surface area contributed by atoms with Gasteiger partial charge in [-0.05, 0) is 66.4 Å². The second-order valence-corrected chi connectivity index (χ2v) is 7.66. The number of ether oxygens (including phenoxy) is 2. The van der Waals surface area contributed by atoms with Crippen molar-refractivity contribution in [3.8, 4) is 11.5 Å². The lowest BCUT2D eigenvalue weighted by atomic mass is 10.0. The van der Waals surface area contributed by atoms with Crippen LogP contribution in [0.4, 0.5) is 0 Å². The van der Waals surface area contributed by atoms with E-state index >= 15 is 0 Å². The number of hydrogen-bond donors (Lipinski definition) is 1. The molecule has 0 atom stereocenters. The van der Waals surface area contributed by atoms with Crippen molar-refractivity contribution in [1.29, 1.82) is 0 Å². The van der Waals surface area contributed by atoms with Crippen LogP contribution in [0.3, 0.4) is 0 Å². The SMILES string of the molecule is COc1cc(/C=N\NC(=O)Cc2ccc(C)cc2C)ccc1OCc1ccc(Cl)cc1.